The molecule has 0 spiro atoms. The van der Waals surface area contributed by atoms with Gasteiger partial charge in [0.05, 0.1) is 12.4 Å². The second kappa shape index (κ2) is 5.67. The largest absolute Gasteiger partial charge is 0.437 e. The number of aromatic nitrogens is 2. The third-order valence-electron chi connectivity index (χ3n) is 2.85. The van der Waals surface area contributed by atoms with Crippen LogP contribution in [0.1, 0.15) is 30.9 Å². The van der Waals surface area contributed by atoms with Crippen LogP contribution in [0.3, 0.4) is 0 Å². The highest BCUT2D eigenvalue weighted by molar-refractivity contribution is 5.40. The van der Waals surface area contributed by atoms with Gasteiger partial charge in [-0.2, -0.15) is 4.98 Å². The molecule has 1 aromatic heterocycles. The molecule has 0 aliphatic carbocycles. The lowest BCUT2D eigenvalue weighted by atomic mass is 10.0. The molecule has 1 heterocycles. The number of nitrogens with one attached hydrogen (secondary N) is 1. The highest BCUT2D eigenvalue weighted by Gasteiger charge is 2.07. The van der Waals surface area contributed by atoms with Crippen LogP contribution in [0.15, 0.2) is 30.6 Å². The van der Waals surface area contributed by atoms with Gasteiger partial charge in [-0.1, -0.05) is 26.0 Å². The number of nitrogen functional groups attached to an aromatic ring is 1. The van der Waals surface area contributed by atoms with Crippen molar-refractivity contribution in [1.82, 2.24) is 9.97 Å². The van der Waals surface area contributed by atoms with Crippen molar-refractivity contribution in [3.05, 3.63) is 41.7 Å². The van der Waals surface area contributed by atoms with Gasteiger partial charge < -0.3 is 10.2 Å². The monoisotopic (exact) mass is 258 g/mol. The quantitative estimate of drug-likeness (QED) is 0.651. The van der Waals surface area contributed by atoms with E-state index in [2.05, 4.69) is 35.3 Å². The molecule has 0 saturated carbocycles. The molecule has 0 radical (unpaired) electrons. The first-order valence-electron chi connectivity index (χ1n) is 6.17. The topological polar surface area (TPSA) is 73.1 Å². The van der Waals surface area contributed by atoms with E-state index in [4.69, 9.17) is 10.6 Å². The minimum absolute atomic E-state index is 0.416. The Morgan fingerprint density at radius 2 is 2.05 bits per heavy atom. The predicted octanol–water partition coefficient (Wildman–Crippen LogP) is 2.99. The number of nitrogens with two attached hydrogens (primary N) is 1. The second-order valence-corrected chi connectivity index (χ2v) is 4.67. The van der Waals surface area contributed by atoms with E-state index in [1.807, 2.05) is 19.1 Å². The van der Waals surface area contributed by atoms with Gasteiger partial charge in [-0.25, -0.2) is 5.84 Å². The first-order valence-corrected chi connectivity index (χ1v) is 6.17. The smallest absolute Gasteiger partial charge is 0.239 e. The van der Waals surface area contributed by atoms with Gasteiger partial charge in [0, 0.05) is 0 Å². The van der Waals surface area contributed by atoms with Crippen molar-refractivity contribution in [1.29, 1.82) is 0 Å². The Morgan fingerprint density at radius 1 is 1.26 bits per heavy atom. The van der Waals surface area contributed by atoms with E-state index in [-0.39, 0.29) is 0 Å². The fourth-order valence-electron chi connectivity index (χ4n) is 1.67. The van der Waals surface area contributed by atoms with E-state index in [1.54, 1.807) is 6.20 Å². The van der Waals surface area contributed by atoms with Crippen LogP contribution in [-0.4, -0.2) is 9.97 Å². The average Bonchev–Trinajstić information content (AvgIpc) is 2.41. The van der Waals surface area contributed by atoms with E-state index in [0.29, 0.717) is 17.6 Å². The summed E-state index contributed by atoms with van der Waals surface area (Å²) in [6.45, 7) is 6.29. The van der Waals surface area contributed by atoms with Crippen molar-refractivity contribution in [3.8, 4) is 11.6 Å². The van der Waals surface area contributed by atoms with Gasteiger partial charge in [-0.05, 0) is 30.0 Å². The number of hydrogen-bond acceptors (Lipinski definition) is 5. The summed E-state index contributed by atoms with van der Waals surface area (Å²) in [4.78, 5) is 8.19. The molecule has 5 nitrogen and oxygen atoms in total. The lowest BCUT2D eigenvalue weighted by Crippen LogP contribution is -2.09. The SMILES string of the molecule is Cc1ccc(C(C)C)cc1Oc1cncc(NN)n1. The molecule has 0 unspecified atom stereocenters. The molecule has 0 aliphatic heterocycles. The zero-order valence-corrected chi connectivity index (χ0v) is 11.3. The predicted molar refractivity (Wildman–Crippen MR) is 75.2 cm³/mol. The molecule has 5 heteroatoms. The van der Waals surface area contributed by atoms with Gasteiger partial charge >= 0.3 is 0 Å². The van der Waals surface area contributed by atoms with Gasteiger partial charge in [0.1, 0.15) is 5.75 Å². The Morgan fingerprint density at radius 3 is 2.74 bits per heavy atom. The van der Waals surface area contributed by atoms with Gasteiger partial charge in [0.2, 0.25) is 5.88 Å². The number of anilines is 1. The summed E-state index contributed by atoms with van der Waals surface area (Å²) in [6, 6.07) is 6.18. The summed E-state index contributed by atoms with van der Waals surface area (Å²) in [5.41, 5.74) is 4.72. The molecular weight excluding hydrogens is 240 g/mol. The summed E-state index contributed by atoms with van der Waals surface area (Å²) in [5.74, 6) is 7.42. The Bertz CT molecular complexity index is 569. The maximum atomic E-state index is 5.77. The van der Waals surface area contributed by atoms with Gasteiger partial charge in [-0.3, -0.25) is 4.98 Å². The van der Waals surface area contributed by atoms with Crippen molar-refractivity contribution in [2.75, 3.05) is 5.43 Å². The number of ether oxygens (including phenoxy) is 1. The first kappa shape index (κ1) is 13.3. The average molecular weight is 258 g/mol. The molecule has 0 fully saturated rings. The minimum atomic E-state index is 0.416. The third-order valence-corrected chi connectivity index (χ3v) is 2.85. The Labute approximate surface area is 112 Å². The molecule has 1 aromatic carbocycles. The van der Waals surface area contributed by atoms with E-state index in [0.717, 1.165) is 11.3 Å². The van der Waals surface area contributed by atoms with Crippen molar-refractivity contribution in [2.45, 2.75) is 26.7 Å². The highest BCUT2D eigenvalue weighted by atomic mass is 16.5. The molecule has 0 bridgehead atoms. The number of nitrogens with zero attached hydrogens (tertiary/aromatic N) is 2. The van der Waals surface area contributed by atoms with Gasteiger partial charge in [-0.15, -0.1) is 0 Å². The molecule has 3 N–H and O–H groups in total. The van der Waals surface area contributed by atoms with Crippen LogP contribution >= 0.6 is 0 Å². The number of rotatable bonds is 4. The second-order valence-electron chi connectivity index (χ2n) is 4.67. The van der Waals surface area contributed by atoms with E-state index in [9.17, 15) is 0 Å². The zero-order valence-electron chi connectivity index (χ0n) is 11.3. The highest BCUT2D eigenvalue weighted by Crippen LogP contribution is 2.27. The summed E-state index contributed by atoms with van der Waals surface area (Å²) in [6.07, 6.45) is 3.09. The van der Waals surface area contributed by atoms with E-state index < -0.39 is 0 Å². The molecule has 19 heavy (non-hydrogen) atoms. The summed E-state index contributed by atoms with van der Waals surface area (Å²) < 4.78 is 5.77. The fraction of sp³-hybridized carbons (Fsp3) is 0.286. The minimum Gasteiger partial charge on any atom is -0.437 e. The number of hydrogen-bond donors (Lipinski definition) is 2. The lowest BCUT2D eigenvalue weighted by molar-refractivity contribution is 0.456. The fourth-order valence-corrected chi connectivity index (χ4v) is 1.67. The molecule has 100 valence electrons. The Kier molecular flexibility index (Phi) is 3.97. The third kappa shape index (κ3) is 3.20. The van der Waals surface area contributed by atoms with Crippen LogP contribution in [0.2, 0.25) is 0 Å². The van der Waals surface area contributed by atoms with Gasteiger partial charge in [0.15, 0.2) is 5.82 Å². The molecule has 0 atom stereocenters. The van der Waals surface area contributed by atoms with Crippen LogP contribution in [0.5, 0.6) is 11.6 Å². The van der Waals surface area contributed by atoms with Crippen LogP contribution < -0.4 is 16.0 Å². The first-order chi connectivity index (χ1) is 9.10. The maximum Gasteiger partial charge on any atom is 0.239 e. The summed E-state index contributed by atoms with van der Waals surface area (Å²) >= 11 is 0. The van der Waals surface area contributed by atoms with E-state index >= 15 is 0 Å². The number of aryl methyl sites for hydroxylation is 1. The zero-order chi connectivity index (χ0) is 13.8. The molecule has 2 aromatic rings. The normalized spacial score (nSPS) is 10.6. The molecule has 0 aliphatic rings. The van der Waals surface area contributed by atoms with Crippen LogP contribution in [-0.2, 0) is 0 Å². The molecule has 0 saturated heterocycles. The van der Waals surface area contributed by atoms with Crippen molar-refractivity contribution >= 4 is 5.82 Å². The summed E-state index contributed by atoms with van der Waals surface area (Å²) in [5, 5.41) is 0. The Hall–Kier alpha value is -2.14. The van der Waals surface area contributed by atoms with Crippen molar-refractivity contribution in [3.63, 3.8) is 0 Å². The van der Waals surface area contributed by atoms with E-state index in [1.165, 1.54) is 11.8 Å². The lowest BCUT2D eigenvalue weighted by Gasteiger charge is -2.12. The van der Waals surface area contributed by atoms with Crippen molar-refractivity contribution < 1.29 is 4.74 Å². The Balaban J connectivity index is 2.29. The number of hydrazine groups is 1. The molecule has 2 rings (SSSR count). The number of benzene rings is 1. The van der Waals surface area contributed by atoms with Crippen LogP contribution in [0.4, 0.5) is 5.82 Å². The standard InChI is InChI=1S/C14H18N4O/c1-9(2)11-5-4-10(3)12(6-11)19-14-8-16-7-13(17-14)18-15/h4-9H,15H2,1-3H3,(H,17,18). The molecular formula is C14H18N4O. The maximum absolute atomic E-state index is 5.77. The van der Waals surface area contributed by atoms with Crippen molar-refractivity contribution in [2.24, 2.45) is 5.84 Å². The summed E-state index contributed by atoms with van der Waals surface area (Å²) in [7, 11) is 0. The molecule has 0 amide bonds. The van der Waals surface area contributed by atoms with Crippen LogP contribution in [0.25, 0.3) is 0 Å². The van der Waals surface area contributed by atoms with Crippen LogP contribution in [0, 0.1) is 6.92 Å². The van der Waals surface area contributed by atoms with Gasteiger partial charge in [0.25, 0.3) is 0 Å².